The third kappa shape index (κ3) is 3.49. The van der Waals surface area contributed by atoms with Crippen LogP contribution in [-0.2, 0) is 14.8 Å². The highest BCUT2D eigenvalue weighted by molar-refractivity contribution is 7.89. The number of hydrogen-bond acceptors (Lipinski definition) is 4. The molecule has 2 aromatic rings. The smallest absolute Gasteiger partial charge is 0.228 e. The van der Waals surface area contributed by atoms with Gasteiger partial charge < -0.3 is 0 Å². The number of aromatic nitrogens is 2. The molecular weight excluding hydrogens is 328 g/mol. The third-order valence-electron chi connectivity index (χ3n) is 4.04. The van der Waals surface area contributed by atoms with Gasteiger partial charge in [-0.15, -0.1) is 0 Å². The fourth-order valence-corrected chi connectivity index (χ4v) is 3.88. The minimum absolute atomic E-state index is 0.114. The van der Waals surface area contributed by atoms with Crippen LogP contribution in [0.15, 0.2) is 30.3 Å². The normalized spacial score (nSPS) is 18.4. The fraction of sp³-hybridized carbons (Fsp3) is 0.375. The summed E-state index contributed by atoms with van der Waals surface area (Å²) in [7, 11) is -3.60. The van der Waals surface area contributed by atoms with E-state index in [9.17, 15) is 13.2 Å². The molecule has 0 bridgehead atoms. The van der Waals surface area contributed by atoms with E-state index < -0.39 is 10.0 Å². The number of amides is 1. The maximum Gasteiger partial charge on any atom is 0.228 e. The van der Waals surface area contributed by atoms with Gasteiger partial charge in [0.1, 0.15) is 5.82 Å². The average molecular weight is 348 g/mol. The van der Waals surface area contributed by atoms with Gasteiger partial charge in [-0.1, -0.05) is 17.7 Å². The van der Waals surface area contributed by atoms with Crippen LogP contribution in [-0.4, -0.2) is 36.4 Å². The van der Waals surface area contributed by atoms with E-state index in [2.05, 4.69) is 5.10 Å². The molecular formula is C16H20N4O3S. The van der Waals surface area contributed by atoms with Gasteiger partial charge in [0.05, 0.1) is 17.1 Å². The molecule has 2 N–H and O–H groups in total. The number of sulfonamides is 1. The molecule has 0 saturated carbocycles. The topological polar surface area (TPSA) is 98.3 Å². The van der Waals surface area contributed by atoms with Gasteiger partial charge in [0.25, 0.3) is 0 Å². The highest BCUT2D eigenvalue weighted by Gasteiger charge is 2.34. The Morgan fingerprint density at radius 3 is 2.54 bits per heavy atom. The van der Waals surface area contributed by atoms with Gasteiger partial charge >= 0.3 is 0 Å². The quantitative estimate of drug-likeness (QED) is 0.895. The van der Waals surface area contributed by atoms with Crippen LogP contribution in [0, 0.1) is 19.8 Å². The van der Waals surface area contributed by atoms with E-state index in [1.54, 1.807) is 9.58 Å². The van der Waals surface area contributed by atoms with Gasteiger partial charge in [-0.25, -0.2) is 18.2 Å². The molecule has 7 nitrogen and oxygen atoms in total. The van der Waals surface area contributed by atoms with Crippen molar-refractivity contribution in [3.8, 4) is 5.69 Å². The molecule has 1 unspecified atom stereocenters. The molecule has 2 heterocycles. The van der Waals surface area contributed by atoms with E-state index in [0.29, 0.717) is 12.4 Å². The lowest BCUT2D eigenvalue weighted by atomic mass is 10.1. The Balaban J connectivity index is 1.93. The summed E-state index contributed by atoms with van der Waals surface area (Å²) in [6, 6.07) is 9.66. The number of rotatable bonds is 4. The minimum atomic E-state index is -3.60. The summed E-state index contributed by atoms with van der Waals surface area (Å²) in [6.07, 6.45) is 0.175. The second kappa shape index (κ2) is 6.03. The Bertz CT molecular complexity index is 871. The predicted octanol–water partition coefficient (Wildman–Crippen LogP) is 1.13. The number of primary sulfonamides is 1. The van der Waals surface area contributed by atoms with Crippen molar-refractivity contribution >= 4 is 21.7 Å². The van der Waals surface area contributed by atoms with Crippen molar-refractivity contribution in [3.63, 3.8) is 0 Å². The predicted molar refractivity (Wildman–Crippen MR) is 91.5 cm³/mol. The van der Waals surface area contributed by atoms with Crippen molar-refractivity contribution in [2.75, 3.05) is 17.2 Å². The maximum absolute atomic E-state index is 12.4. The molecule has 1 aromatic carbocycles. The molecule has 1 fully saturated rings. The molecule has 1 aromatic heterocycles. The van der Waals surface area contributed by atoms with Crippen LogP contribution in [0.3, 0.4) is 0 Å². The molecule has 3 rings (SSSR count). The SMILES string of the molecule is Cc1ccc(-n2nc(C)cc2N2CC(CS(N)(=O)=O)CC2=O)cc1. The number of carbonyl (C=O) groups excluding carboxylic acids is 1. The molecule has 0 radical (unpaired) electrons. The second-order valence-electron chi connectivity index (χ2n) is 6.30. The maximum atomic E-state index is 12.4. The Labute approximate surface area is 141 Å². The summed E-state index contributed by atoms with van der Waals surface area (Å²) in [5.41, 5.74) is 2.77. The summed E-state index contributed by atoms with van der Waals surface area (Å²) < 4.78 is 24.3. The van der Waals surface area contributed by atoms with Crippen LogP contribution >= 0.6 is 0 Å². The number of nitrogens with two attached hydrogens (primary N) is 1. The largest absolute Gasteiger partial charge is 0.296 e. The summed E-state index contributed by atoms with van der Waals surface area (Å²) in [6.45, 7) is 4.18. The molecule has 0 aliphatic carbocycles. The Kier molecular flexibility index (Phi) is 4.18. The monoisotopic (exact) mass is 348 g/mol. The van der Waals surface area contributed by atoms with Crippen molar-refractivity contribution in [3.05, 3.63) is 41.6 Å². The standard InChI is InChI=1S/C16H20N4O3S/c1-11-3-5-14(6-4-11)20-15(7-12(2)18-20)19-9-13(8-16(19)21)10-24(17,22)23/h3-7,13H,8-10H2,1-2H3,(H2,17,22,23). The van der Waals surface area contributed by atoms with Gasteiger partial charge in [-0.3, -0.25) is 9.69 Å². The first-order valence-corrected chi connectivity index (χ1v) is 9.39. The average Bonchev–Trinajstić information content (AvgIpc) is 3.01. The first-order valence-electron chi connectivity index (χ1n) is 7.67. The van der Waals surface area contributed by atoms with Gasteiger partial charge in [0.2, 0.25) is 15.9 Å². The second-order valence-corrected chi connectivity index (χ2v) is 7.95. The van der Waals surface area contributed by atoms with Gasteiger partial charge in [-0.05, 0) is 26.0 Å². The van der Waals surface area contributed by atoms with E-state index in [1.807, 2.05) is 44.2 Å². The lowest BCUT2D eigenvalue weighted by molar-refractivity contribution is -0.117. The van der Waals surface area contributed by atoms with Gasteiger partial charge in [0, 0.05) is 24.9 Å². The van der Waals surface area contributed by atoms with E-state index in [1.165, 1.54) is 0 Å². The molecule has 1 aliphatic rings. The summed E-state index contributed by atoms with van der Waals surface area (Å²) >= 11 is 0. The van der Waals surface area contributed by atoms with Crippen LogP contribution < -0.4 is 10.0 Å². The fourth-order valence-electron chi connectivity index (χ4n) is 3.00. The molecule has 1 aliphatic heterocycles. The van der Waals surface area contributed by atoms with Crippen molar-refractivity contribution in [1.82, 2.24) is 9.78 Å². The number of carbonyl (C=O) groups is 1. The summed E-state index contributed by atoms with van der Waals surface area (Å²) in [5, 5.41) is 9.58. The van der Waals surface area contributed by atoms with Crippen molar-refractivity contribution in [1.29, 1.82) is 0 Å². The number of nitrogens with zero attached hydrogens (tertiary/aromatic N) is 3. The van der Waals surface area contributed by atoms with Gasteiger partial charge in [-0.2, -0.15) is 5.10 Å². The number of anilines is 1. The molecule has 0 spiro atoms. The summed E-state index contributed by atoms with van der Waals surface area (Å²) in [5.74, 6) is 0.0525. The van der Waals surface area contributed by atoms with Crippen molar-refractivity contribution < 1.29 is 13.2 Å². The lowest BCUT2D eigenvalue weighted by Crippen LogP contribution is -2.29. The van der Waals surface area contributed by atoms with Crippen LogP contribution in [0.4, 0.5) is 5.82 Å². The van der Waals surface area contributed by atoms with Crippen LogP contribution in [0.25, 0.3) is 5.69 Å². The lowest BCUT2D eigenvalue weighted by Gasteiger charge is -2.18. The van der Waals surface area contributed by atoms with Crippen LogP contribution in [0.2, 0.25) is 0 Å². The Hall–Kier alpha value is -2.19. The van der Waals surface area contributed by atoms with E-state index in [-0.39, 0.29) is 24.0 Å². The molecule has 24 heavy (non-hydrogen) atoms. The van der Waals surface area contributed by atoms with E-state index in [0.717, 1.165) is 16.9 Å². The highest BCUT2D eigenvalue weighted by atomic mass is 32.2. The zero-order valence-corrected chi connectivity index (χ0v) is 14.5. The van der Waals surface area contributed by atoms with Crippen LogP contribution in [0.1, 0.15) is 17.7 Å². The zero-order valence-electron chi connectivity index (χ0n) is 13.6. The Morgan fingerprint density at radius 2 is 1.92 bits per heavy atom. The third-order valence-corrected chi connectivity index (χ3v) is 4.98. The first kappa shape index (κ1) is 16.7. The van der Waals surface area contributed by atoms with Crippen molar-refractivity contribution in [2.24, 2.45) is 11.1 Å². The first-order chi connectivity index (χ1) is 11.2. The number of benzene rings is 1. The summed E-state index contributed by atoms with van der Waals surface area (Å²) in [4.78, 5) is 14.0. The Morgan fingerprint density at radius 1 is 1.25 bits per heavy atom. The molecule has 1 amide bonds. The number of hydrogen-bond donors (Lipinski definition) is 1. The van der Waals surface area contributed by atoms with E-state index in [4.69, 9.17) is 5.14 Å². The van der Waals surface area contributed by atoms with Crippen LogP contribution in [0.5, 0.6) is 0 Å². The minimum Gasteiger partial charge on any atom is -0.296 e. The molecule has 8 heteroatoms. The van der Waals surface area contributed by atoms with E-state index >= 15 is 0 Å². The molecule has 128 valence electrons. The molecule has 1 atom stereocenters. The molecule has 1 saturated heterocycles. The zero-order chi connectivity index (χ0) is 17.5. The number of aryl methyl sites for hydroxylation is 2. The highest BCUT2D eigenvalue weighted by Crippen LogP contribution is 2.28. The van der Waals surface area contributed by atoms with Crippen molar-refractivity contribution in [2.45, 2.75) is 20.3 Å². The van der Waals surface area contributed by atoms with Gasteiger partial charge in [0.15, 0.2) is 0 Å².